The first-order valence-electron chi connectivity index (χ1n) is 22.4. The molecule has 0 aliphatic rings. The summed E-state index contributed by atoms with van der Waals surface area (Å²) in [7, 11) is 0. The van der Waals surface area contributed by atoms with Gasteiger partial charge in [0.25, 0.3) is 0 Å². The van der Waals surface area contributed by atoms with Crippen molar-refractivity contribution in [3.63, 3.8) is 0 Å². The average molecular weight is 904 g/mol. The van der Waals surface area contributed by atoms with Crippen molar-refractivity contribution in [3.05, 3.63) is 177 Å². The minimum Gasteiger partial charge on any atom is -0.453 e. The highest BCUT2D eigenvalue weighted by Crippen LogP contribution is 2.42. The molecule has 0 aliphatic heterocycles. The lowest BCUT2D eigenvalue weighted by Gasteiger charge is -2.11. The van der Waals surface area contributed by atoms with Crippen LogP contribution in [0.3, 0.4) is 0 Å². The van der Waals surface area contributed by atoms with E-state index in [9.17, 15) is 0 Å². The van der Waals surface area contributed by atoms with Crippen LogP contribution in [0.2, 0.25) is 0 Å². The Morgan fingerprint density at radius 2 is 1.10 bits per heavy atom. The van der Waals surface area contributed by atoms with E-state index in [0.29, 0.717) is 56.0 Å². The molecule has 11 heterocycles. The Morgan fingerprint density at radius 1 is 0.400 bits per heavy atom. The zero-order valence-corrected chi connectivity index (χ0v) is 36.4. The van der Waals surface area contributed by atoms with Crippen molar-refractivity contribution in [2.75, 3.05) is 0 Å². The average Bonchev–Trinajstić information content (AvgIpc) is 4.19. The molecule has 0 radical (unpaired) electrons. The predicted octanol–water partition coefficient (Wildman–Crippen LogP) is 11.7. The number of fused-ring (bicyclic) bond motifs is 12. The van der Waals surface area contributed by atoms with Gasteiger partial charge in [-0.25, -0.2) is 9.97 Å². The molecule has 0 saturated carbocycles. The second-order valence-electron chi connectivity index (χ2n) is 16.9. The summed E-state index contributed by atoms with van der Waals surface area (Å²) in [5.74, 6) is 0. The van der Waals surface area contributed by atoms with Crippen LogP contribution in [0.1, 0.15) is 0 Å². The molecule has 0 unspecified atom stereocenters. The molecule has 0 atom stereocenters. The number of benzene rings is 4. The lowest BCUT2D eigenvalue weighted by Crippen LogP contribution is -1.98. The Morgan fingerprint density at radius 3 is 1.94 bits per heavy atom. The summed E-state index contributed by atoms with van der Waals surface area (Å²) in [5.41, 5.74) is 17.6. The third-order valence-corrected chi connectivity index (χ3v) is 13.1. The van der Waals surface area contributed by atoms with Gasteiger partial charge in [0, 0.05) is 89.4 Å². The van der Waals surface area contributed by atoms with Gasteiger partial charge in [0.1, 0.15) is 38.9 Å². The second kappa shape index (κ2) is 14.7. The standard InChI is InChI=1S/C55H29N13O2/c1-2-7-36(35(6-1)30-12-16-56-17-13-30)32-8-10-42-37(25-32)50-55(62-23-21-60-50)68(42)43-29-64-66-51-46-44(69-53(43)51)14-18-58-47(46)33-9-11-41-38(26-33)49-54(61-22-20-59-49)67(41)34-5-3-4-31(24-34)39-27-57-28-40-48-45(70-52(39)40)15-19-63-65-48/h1-29H. The Bertz CT molecular complexity index is 4630. The highest BCUT2D eigenvalue weighted by atomic mass is 16.3. The monoisotopic (exact) mass is 903 g/mol. The lowest BCUT2D eigenvalue weighted by molar-refractivity contribution is 0.663. The number of aromatic nitrogens is 13. The third-order valence-electron chi connectivity index (χ3n) is 13.1. The molecule has 15 aromatic rings. The van der Waals surface area contributed by atoms with Crippen molar-refractivity contribution in [1.29, 1.82) is 0 Å². The SMILES string of the molecule is c1cc(-c2cncc3c2oc2ccnnc23)cc(-n2c3ccc(-c4nccc5oc6c(-n7c8ccc(-c9ccccc9-c9ccncc9)cc8c8nccnc87)cnnc6c45)cc3c3nccnc32)c1. The van der Waals surface area contributed by atoms with Gasteiger partial charge in [0.15, 0.2) is 22.5 Å². The summed E-state index contributed by atoms with van der Waals surface area (Å²) in [4.78, 5) is 33.2. The van der Waals surface area contributed by atoms with E-state index in [4.69, 9.17) is 38.9 Å². The van der Waals surface area contributed by atoms with E-state index < -0.39 is 0 Å². The molecule has 15 heteroatoms. The fraction of sp³-hybridized carbons (Fsp3) is 0. The molecule has 0 N–H and O–H groups in total. The van der Waals surface area contributed by atoms with Crippen LogP contribution < -0.4 is 0 Å². The molecule has 0 fully saturated rings. The summed E-state index contributed by atoms with van der Waals surface area (Å²) < 4.78 is 17.3. The Kier molecular flexibility index (Phi) is 7.97. The van der Waals surface area contributed by atoms with Gasteiger partial charge in [-0.2, -0.15) is 10.2 Å². The van der Waals surface area contributed by atoms with Crippen molar-refractivity contribution < 1.29 is 8.83 Å². The van der Waals surface area contributed by atoms with Gasteiger partial charge in [-0.05, 0) is 82.4 Å². The summed E-state index contributed by atoms with van der Waals surface area (Å²) in [6.07, 6.45) is 19.2. The van der Waals surface area contributed by atoms with Gasteiger partial charge in [0.05, 0.1) is 39.9 Å². The maximum atomic E-state index is 6.78. The molecule has 4 aromatic carbocycles. The molecule has 0 bridgehead atoms. The summed E-state index contributed by atoms with van der Waals surface area (Å²) in [6.45, 7) is 0. The quantitative estimate of drug-likeness (QED) is 0.154. The fourth-order valence-electron chi connectivity index (χ4n) is 10.1. The molecule has 70 heavy (non-hydrogen) atoms. The molecule has 11 aromatic heterocycles. The summed E-state index contributed by atoms with van der Waals surface area (Å²) in [6, 6.07) is 37.0. The van der Waals surface area contributed by atoms with Gasteiger partial charge >= 0.3 is 0 Å². The van der Waals surface area contributed by atoms with E-state index in [1.54, 1.807) is 49.6 Å². The number of hydrogen-bond donors (Lipinski definition) is 0. The Hall–Kier alpha value is -10.2. The highest BCUT2D eigenvalue weighted by Gasteiger charge is 2.25. The van der Waals surface area contributed by atoms with Crippen LogP contribution in [-0.2, 0) is 0 Å². The fourth-order valence-corrected chi connectivity index (χ4v) is 10.1. The van der Waals surface area contributed by atoms with Gasteiger partial charge in [-0.1, -0.05) is 48.5 Å². The van der Waals surface area contributed by atoms with E-state index in [2.05, 4.69) is 107 Å². The second-order valence-corrected chi connectivity index (χ2v) is 16.9. The number of rotatable bonds is 6. The summed E-state index contributed by atoms with van der Waals surface area (Å²) >= 11 is 0. The van der Waals surface area contributed by atoms with Crippen molar-refractivity contribution in [1.82, 2.24) is 64.4 Å². The van der Waals surface area contributed by atoms with Crippen molar-refractivity contribution in [2.24, 2.45) is 0 Å². The summed E-state index contributed by atoms with van der Waals surface area (Å²) in [5, 5.41) is 21.1. The first-order chi connectivity index (χ1) is 34.7. The molecule has 0 amide bonds. The van der Waals surface area contributed by atoms with Gasteiger partial charge in [-0.3, -0.25) is 34.1 Å². The molecular weight excluding hydrogens is 875 g/mol. The molecule has 15 nitrogen and oxygen atoms in total. The number of furan rings is 2. The normalized spacial score (nSPS) is 12.0. The number of hydrogen-bond acceptors (Lipinski definition) is 13. The van der Waals surface area contributed by atoms with Crippen LogP contribution >= 0.6 is 0 Å². The molecule has 0 aliphatic carbocycles. The van der Waals surface area contributed by atoms with Crippen LogP contribution in [0.5, 0.6) is 0 Å². The first-order valence-corrected chi connectivity index (χ1v) is 22.4. The Labute approximate surface area is 393 Å². The predicted molar refractivity (Wildman–Crippen MR) is 267 cm³/mol. The first kappa shape index (κ1) is 38.0. The van der Waals surface area contributed by atoms with E-state index in [1.807, 2.05) is 55.0 Å². The smallest absolute Gasteiger partial charge is 0.181 e. The van der Waals surface area contributed by atoms with Crippen LogP contribution in [0.15, 0.2) is 186 Å². The van der Waals surface area contributed by atoms with Crippen LogP contribution in [0.25, 0.3) is 144 Å². The molecule has 0 saturated heterocycles. The molecule has 15 rings (SSSR count). The lowest BCUT2D eigenvalue weighted by atomic mass is 9.94. The zero-order chi connectivity index (χ0) is 45.9. The highest BCUT2D eigenvalue weighted by molar-refractivity contribution is 6.15. The molecular formula is C55H29N13O2. The molecule has 326 valence electrons. The maximum absolute atomic E-state index is 6.78. The Balaban J connectivity index is 0.870. The van der Waals surface area contributed by atoms with E-state index in [-0.39, 0.29) is 0 Å². The maximum Gasteiger partial charge on any atom is 0.181 e. The van der Waals surface area contributed by atoms with E-state index in [1.165, 1.54) is 0 Å². The van der Waals surface area contributed by atoms with Crippen LogP contribution in [-0.4, -0.2) is 64.4 Å². The van der Waals surface area contributed by atoms with E-state index >= 15 is 0 Å². The van der Waals surface area contributed by atoms with Gasteiger partial charge < -0.3 is 8.83 Å². The van der Waals surface area contributed by atoms with Crippen molar-refractivity contribution in [2.45, 2.75) is 0 Å². The minimum atomic E-state index is 0.542. The van der Waals surface area contributed by atoms with Gasteiger partial charge in [0.2, 0.25) is 0 Å². The van der Waals surface area contributed by atoms with Crippen LogP contribution in [0, 0.1) is 0 Å². The largest absolute Gasteiger partial charge is 0.453 e. The zero-order valence-electron chi connectivity index (χ0n) is 36.4. The third kappa shape index (κ3) is 5.53. The van der Waals surface area contributed by atoms with E-state index in [0.717, 1.165) is 88.2 Å². The van der Waals surface area contributed by atoms with Crippen LogP contribution in [0.4, 0.5) is 0 Å². The number of pyridine rings is 3. The van der Waals surface area contributed by atoms with Crippen molar-refractivity contribution in [3.8, 4) is 56.0 Å². The molecule has 0 spiro atoms. The topological polar surface area (TPSA) is 178 Å². The minimum absolute atomic E-state index is 0.542. The van der Waals surface area contributed by atoms with Crippen molar-refractivity contribution >= 4 is 88.3 Å². The number of nitrogens with zero attached hydrogens (tertiary/aromatic N) is 13. The van der Waals surface area contributed by atoms with Gasteiger partial charge in [-0.15, -0.1) is 10.2 Å².